The van der Waals surface area contributed by atoms with Gasteiger partial charge < -0.3 is 0 Å². The number of rotatable bonds is 4. The fourth-order valence-corrected chi connectivity index (χ4v) is 0.934. The van der Waals surface area contributed by atoms with Gasteiger partial charge in [0.2, 0.25) is 0 Å². The molecule has 0 aliphatic carbocycles. The Morgan fingerprint density at radius 1 is 1.25 bits per heavy atom. The summed E-state index contributed by atoms with van der Waals surface area (Å²) >= 11 is 0. The van der Waals surface area contributed by atoms with E-state index in [9.17, 15) is 4.79 Å². The molecule has 1 nitrogen and oxygen atoms in total. The van der Waals surface area contributed by atoms with Crippen LogP contribution in [0.3, 0.4) is 0 Å². The summed E-state index contributed by atoms with van der Waals surface area (Å²) in [4.78, 5) is 11.3. The Hall–Kier alpha value is -0.590. The summed E-state index contributed by atoms with van der Waals surface area (Å²) in [6.07, 6.45) is 2.42. The van der Waals surface area contributed by atoms with Crippen LogP contribution in [0.15, 0.2) is 11.6 Å². The van der Waals surface area contributed by atoms with Crippen LogP contribution in [0.5, 0.6) is 0 Å². The van der Waals surface area contributed by atoms with Crippen molar-refractivity contribution in [2.24, 2.45) is 11.8 Å². The van der Waals surface area contributed by atoms with Crippen LogP contribution in [0.4, 0.5) is 0 Å². The third-order valence-electron chi connectivity index (χ3n) is 2.11. The van der Waals surface area contributed by atoms with E-state index in [1.165, 1.54) is 0 Å². The Bertz CT molecular complexity index is 173. The molecule has 0 N–H and O–H groups in total. The topological polar surface area (TPSA) is 17.1 Å². The smallest absolute Gasteiger partial charge is 0.155 e. The lowest BCUT2D eigenvalue weighted by atomic mass is 9.92. The van der Waals surface area contributed by atoms with Crippen molar-refractivity contribution in [1.82, 2.24) is 0 Å². The lowest BCUT2D eigenvalue weighted by molar-refractivity contribution is -0.115. The number of allylic oxidation sites excluding steroid dienone is 2. The maximum absolute atomic E-state index is 11.3. The van der Waals surface area contributed by atoms with E-state index in [-0.39, 0.29) is 5.78 Å². The van der Waals surface area contributed by atoms with Gasteiger partial charge in [0.25, 0.3) is 0 Å². The summed E-state index contributed by atoms with van der Waals surface area (Å²) in [6, 6.07) is 0. The third-order valence-corrected chi connectivity index (χ3v) is 2.11. The molecule has 0 aromatic heterocycles. The average molecular weight is 168 g/mol. The van der Waals surface area contributed by atoms with Gasteiger partial charge in [-0.1, -0.05) is 26.3 Å². The Morgan fingerprint density at radius 3 is 2.08 bits per heavy atom. The molecule has 0 rings (SSSR count). The van der Waals surface area contributed by atoms with Crippen LogP contribution in [0, 0.1) is 11.8 Å². The van der Waals surface area contributed by atoms with Gasteiger partial charge in [0.15, 0.2) is 5.78 Å². The molecule has 0 fully saturated rings. The SMILES string of the molecule is CC(C)=CC(=O)CC(C)C(C)C. The van der Waals surface area contributed by atoms with Crippen LogP contribution >= 0.6 is 0 Å². The van der Waals surface area contributed by atoms with Gasteiger partial charge in [-0.2, -0.15) is 0 Å². The van der Waals surface area contributed by atoms with Gasteiger partial charge in [-0.05, 0) is 31.8 Å². The zero-order valence-corrected chi connectivity index (χ0v) is 8.85. The fourth-order valence-electron chi connectivity index (χ4n) is 0.934. The molecule has 0 saturated heterocycles. The predicted octanol–water partition coefficient (Wildman–Crippen LogP) is 3.20. The Balaban J connectivity index is 3.94. The first-order chi connectivity index (χ1) is 5.43. The van der Waals surface area contributed by atoms with Crippen LogP contribution in [0.25, 0.3) is 0 Å². The molecule has 1 heteroatoms. The maximum Gasteiger partial charge on any atom is 0.155 e. The minimum absolute atomic E-state index is 0.260. The quantitative estimate of drug-likeness (QED) is 0.589. The third kappa shape index (κ3) is 5.11. The van der Waals surface area contributed by atoms with E-state index >= 15 is 0 Å². The van der Waals surface area contributed by atoms with Crippen molar-refractivity contribution in [1.29, 1.82) is 0 Å². The van der Waals surface area contributed by atoms with Crippen molar-refractivity contribution in [2.75, 3.05) is 0 Å². The van der Waals surface area contributed by atoms with E-state index in [4.69, 9.17) is 0 Å². The first kappa shape index (κ1) is 11.4. The van der Waals surface area contributed by atoms with Gasteiger partial charge in [-0.15, -0.1) is 0 Å². The summed E-state index contributed by atoms with van der Waals surface area (Å²) in [5.41, 5.74) is 1.09. The molecule has 0 aliphatic rings. The average Bonchev–Trinajstić information content (AvgIpc) is 1.84. The molecule has 1 atom stereocenters. The first-order valence-electron chi connectivity index (χ1n) is 4.61. The van der Waals surface area contributed by atoms with Gasteiger partial charge in [-0.25, -0.2) is 0 Å². The summed E-state index contributed by atoms with van der Waals surface area (Å²) in [6.45, 7) is 10.3. The molecule has 0 radical (unpaired) electrons. The lowest BCUT2D eigenvalue weighted by Crippen LogP contribution is -2.09. The molecule has 0 aromatic rings. The molecule has 0 amide bonds. The van der Waals surface area contributed by atoms with Gasteiger partial charge in [0.1, 0.15) is 0 Å². The minimum atomic E-state index is 0.260. The summed E-state index contributed by atoms with van der Waals surface area (Å²) in [5.74, 6) is 1.35. The highest BCUT2D eigenvalue weighted by molar-refractivity contribution is 5.90. The van der Waals surface area contributed by atoms with E-state index in [1.807, 2.05) is 13.8 Å². The standard InChI is InChI=1S/C11H20O/c1-8(2)6-11(12)7-10(5)9(3)4/h6,9-10H,7H2,1-5H3. The Labute approximate surface area is 75.9 Å². The molecule has 0 aromatic carbocycles. The van der Waals surface area contributed by atoms with E-state index in [0.717, 1.165) is 5.57 Å². The highest BCUT2D eigenvalue weighted by atomic mass is 16.1. The number of carbonyl (C=O) groups excluding carboxylic acids is 1. The zero-order chi connectivity index (χ0) is 9.72. The minimum Gasteiger partial charge on any atom is -0.295 e. The molecule has 0 saturated carbocycles. The molecule has 1 unspecified atom stereocenters. The molecule has 0 aliphatic heterocycles. The normalized spacial score (nSPS) is 12.8. The highest BCUT2D eigenvalue weighted by Crippen LogP contribution is 2.14. The van der Waals surface area contributed by atoms with Gasteiger partial charge in [0.05, 0.1) is 0 Å². The van der Waals surface area contributed by atoms with Crippen molar-refractivity contribution in [3.8, 4) is 0 Å². The first-order valence-corrected chi connectivity index (χ1v) is 4.61. The lowest BCUT2D eigenvalue weighted by Gasteiger charge is -2.12. The fraction of sp³-hybridized carbons (Fsp3) is 0.727. The van der Waals surface area contributed by atoms with Crippen LogP contribution in [-0.2, 0) is 4.79 Å². The van der Waals surface area contributed by atoms with Crippen LogP contribution < -0.4 is 0 Å². The maximum atomic E-state index is 11.3. The van der Waals surface area contributed by atoms with Gasteiger partial charge in [-0.3, -0.25) is 4.79 Å². The zero-order valence-electron chi connectivity index (χ0n) is 8.85. The molecular weight excluding hydrogens is 148 g/mol. The van der Waals surface area contributed by atoms with Crippen molar-refractivity contribution in [2.45, 2.75) is 41.0 Å². The second-order valence-electron chi connectivity index (χ2n) is 4.11. The molecule has 70 valence electrons. The predicted molar refractivity (Wildman–Crippen MR) is 53.1 cm³/mol. The van der Waals surface area contributed by atoms with Crippen molar-refractivity contribution in [3.05, 3.63) is 11.6 Å². The molecule has 0 heterocycles. The van der Waals surface area contributed by atoms with Crippen molar-refractivity contribution in [3.63, 3.8) is 0 Å². The van der Waals surface area contributed by atoms with Crippen LogP contribution in [0.2, 0.25) is 0 Å². The second-order valence-corrected chi connectivity index (χ2v) is 4.11. The molecule has 0 bridgehead atoms. The molecule has 0 spiro atoms. The van der Waals surface area contributed by atoms with Gasteiger partial charge >= 0.3 is 0 Å². The van der Waals surface area contributed by atoms with E-state index < -0.39 is 0 Å². The van der Waals surface area contributed by atoms with Crippen molar-refractivity contribution < 1.29 is 4.79 Å². The van der Waals surface area contributed by atoms with E-state index in [1.54, 1.807) is 6.08 Å². The van der Waals surface area contributed by atoms with E-state index in [2.05, 4.69) is 20.8 Å². The number of hydrogen-bond donors (Lipinski definition) is 0. The van der Waals surface area contributed by atoms with Crippen molar-refractivity contribution >= 4 is 5.78 Å². The Morgan fingerprint density at radius 2 is 1.75 bits per heavy atom. The van der Waals surface area contributed by atoms with Crippen LogP contribution in [0.1, 0.15) is 41.0 Å². The van der Waals surface area contributed by atoms with E-state index in [0.29, 0.717) is 18.3 Å². The second kappa shape index (κ2) is 5.13. The summed E-state index contributed by atoms with van der Waals surface area (Å²) in [5, 5.41) is 0. The highest BCUT2D eigenvalue weighted by Gasteiger charge is 2.10. The molecule has 12 heavy (non-hydrogen) atoms. The summed E-state index contributed by atoms with van der Waals surface area (Å²) in [7, 11) is 0. The number of hydrogen-bond acceptors (Lipinski definition) is 1. The number of carbonyl (C=O) groups is 1. The van der Waals surface area contributed by atoms with Gasteiger partial charge in [0, 0.05) is 6.42 Å². The largest absolute Gasteiger partial charge is 0.295 e. The number of ketones is 1. The van der Waals surface area contributed by atoms with Crippen LogP contribution in [-0.4, -0.2) is 5.78 Å². The summed E-state index contributed by atoms with van der Waals surface area (Å²) < 4.78 is 0. The Kier molecular flexibility index (Phi) is 4.87. The monoisotopic (exact) mass is 168 g/mol. The molecular formula is C11H20O.